The van der Waals surface area contributed by atoms with Crippen molar-refractivity contribution in [3.63, 3.8) is 0 Å². The van der Waals surface area contributed by atoms with Crippen LogP contribution in [0.15, 0.2) is 30.3 Å². The lowest BCUT2D eigenvalue weighted by Gasteiger charge is -2.19. The van der Waals surface area contributed by atoms with Gasteiger partial charge in [-0.05, 0) is 32.0 Å². The Kier molecular flexibility index (Phi) is 3.41. The van der Waals surface area contributed by atoms with Gasteiger partial charge in [0.25, 0.3) is 5.69 Å². The molecular weight excluding hydrogens is 230 g/mol. The van der Waals surface area contributed by atoms with E-state index in [4.69, 9.17) is 0 Å². The summed E-state index contributed by atoms with van der Waals surface area (Å²) in [6.45, 7) is 5.85. The molecule has 0 amide bonds. The summed E-state index contributed by atoms with van der Waals surface area (Å²) in [4.78, 5) is 17.1. The first-order valence-electron chi connectivity index (χ1n) is 5.96. The Bertz CT molecular complexity index is 579. The predicted octanol–water partition coefficient (Wildman–Crippen LogP) is 2.99. The second kappa shape index (κ2) is 5.00. The van der Waals surface area contributed by atoms with Gasteiger partial charge in [-0.25, -0.2) is 4.98 Å². The maximum atomic E-state index is 10.9. The van der Waals surface area contributed by atoms with Crippen LogP contribution < -0.4 is 4.90 Å². The van der Waals surface area contributed by atoms with Crippen LogP contribution in [0, 0.1) is 10.1 Å². The van der Waals surface area contributed by atoms with Crippen molar-refractivity contribution in [2.45, 2.75) is 13.8 Å². The van der Waals surface area contributed by atoms with Crippen LogP contribution >= 0.6 is 0 Å². The molecule has 0 saturated carbocycles. The van der Waals surface area contributed by atoms with Crippen molar-refractivity contribution < 1.29 is 4.92 Å². The van der Waals surface area contributed by atoms with E-state index >= 15 is 0 Å². The van der Waals surface area contributed by atoms with Crippen LogP contribution in [0.4, 0.5) is 11.5 Å². The van der Waals surface area contributed by atoms with E-state index in [9.17, 15) is 10.1 Å². The van der Waals surface area contributed by atoms with E-state index in [-0.39, 0.29) is 10.6 Å². The fraction of sp³-hybridized carbons (Fsp3) is 0.308. The molecule has 0 spiro atoms. The molecule has 0 aliphatic rings. The lowest BCUT2D eigenvalue weighted by molar-refractivity contribution is -0.383. The number of nitrogens with zero attached hydrogens (tertiary/aromatic N) is 3. The molecule has 0 radical (unpaired) electrons. The Morgan fingerprint density at radius 3 is 2.56 bits per heavy atom. The van der Waals surface area contributed by atoms with Crippen LogP contribution in [0.3, 0.4) is 0 Å². The number of benzene rings is 1. The molecule has 0 N–H and O–H groups in total. The minimum absolute atomic E-state index is 0.103. The third-order valence-electron chi connectivity index (χ3n) is 2.98. The van der Waals surface area contributed by atoms with Crippen molar-refractivity contribution in [2.24, 2.45) is 0 Å². The van der Waals surface area contributed by atoms with Gasteiger partial charge < -0.3 is 4.90 Å². The quantitative estimate of drug-likeness (QED) is 0.613. The van der Waals surface area contributed by atoms with Gasteiger partial charge in [0, 0.05) is 19.2 Å². The Morgan fingerprint density at radius 1 is 1.22 bits per heavy atom. The minimum Gasteiger partial charge on any atom is -0.357 e. The molecule has 0 saturated heterocycles. The maximum absolute atomic E-state index is 10.9. The number of hydrogen-bond donors (Lipinski definition) is 0. The van der Waals surface area contributed by atoms with Gasteiger partial charge in [0.2, 0.25) is 0 Å². The largest absolute Gasteiger partial charge is 0.357 e. The second-order valence-electron chi connectivity index (χ2n) is 3.94. The normalized spacial score (nSPS) is 10.6. The van der Waals surface area contributed by atoms with E-state index in [0.717, 1.165) is 18.9 Å². The molecule has 0 unspecified atom stereocenters. The molecule has 94 valence electrons. The first kappa shape index (κ1) is 12.3. The molecule has 0 aliphatic heterocycles. The summed E-state index contributed by atoms with van der Waals surface area (Å²) >= 11 is 0. The highest BCUT2D eigenvalue weighted by atomic mass is 16.6. The Morgan fingerprint density at radius 2 is 1.94 bits per heavy atom. The van der Waals surface area contributed by atoms with Crippen LogP contribution in [0.2, 0.25) is 0 Å². The van der Waals surface area contributed by atoms with Crippen LogP contribution in [-0.4, -0.2) is 23.0 Å². The summed E-state index contributed by atoms with van der Waals surface area (Å²) in [5.74, 6) is 0.855. The van der Waals surface area contributed by atoms with E-state index in [1.807, 2.05) is 6.07 Å². The molecule has 0 fully saturated rings. The highest BCUT2D eigenvalue weighted by molar-refractivity contribution is 5.88. The van der Waals surface area contributed by atoms with Crippen molar-refractivity contribution >= 4 is 22.4 Å². The van der Waals surface area contributed by atoms with Gasteiger partial charge in [0.1, 0.15) is 5.82 Å². The van der Waals surface area contributed by atoms with E-state index < -0.39 is 0 Å². The molecule has 0 atom stereocenters. The summed E-state index contributed by atoms with van der Waals surface area (Å²) in [5.41, 5.74) is 0.764. The number of nitro benzene ring substituents is 1. The van der Waals surface area contributed by atoms with E-state index in [1.165, 1.54) is 6.07 Å². The fourth-order valence-corrected chi connectivity index (χ4v) is 2.01. The standard InChI is InChI=1S/C13H15N3O2/c1-3-15(4-2)13-9-8-10-11(14-13)6-5-7-12(10)16(17)18/h5-9H,3-4H2,1-2H3. The number of nitro groups is 1. The topological polar surface area (TPSA) is 59.3 Å². The zero-order valence-electron chi connectivity index (χ0n) is 10.5. The fourth-order valence-electron chi connectivity index (χ4n) is 2.01. The lowest BCUT2D eigenvalue weighted by atomic mass is 10.2. The number of hydrogen-bond acceptors (Lipinski definition) is 4. The van der Waals surface area contributed by atoms with Crippen molar-refractivity contribution in [3.8, 4) is 0 Å². The van der Waals surface area contributed by atoms with E-state index in [1.54, 1.807) is 18.2 Å². The highest BCUT2D eigenvalue weighted by Gasteiger charge is 2.13. The summed E-state index contributed by atoms with van der Waals surface area (Å²) in [5, 5.41) is 11.5. The van der Waals surface area contributed by atoms with Crippen molar-refractivity contribution in [1.82, 2.24) is 4.98 Å². The average molecular weight is 245 g/mol. The molecule has 5 nitrogen and oxygen atoms in total. The Balaban J connectivity index is 2.56. The third-order valence-corrected chi connectivity index (χ3v) is 2.98. The average Bonchev–Trinajstić information content (AvgIpc) is 2.39. The minimum atomic E-state index is -0.374. The molecule has 18 heavy (non-hydrogen) atoms. The number of pyridine rings is 1. The molecule has 2 rings (SSSR count). The summed E-state index contributed by atoms with van der Waals surface area (Å²) in [7, 11) is 0. The lowest BCUT2D eigenvalue weighted by Crippen LogP contribution is -2.22. The summed E-state index contributed by atoms with van der Waals surface area (Å²) < 4.78 is 0. The smallest absolute Gasteiger partial charge is 0.278 e. The highest BCUT2D eigenvalue weighted by Crippen LogP contribution is 2.26. The second-order valence-corrected chi connectivity index (χ2v) is 3.94. The molecular formula is C13H15N3O2. The third kappa shape index (κ3) is 2.11. The molecule has 2 aromatic rings. The van der Waals surface area contributed by atoms with Crippen LogP contribution in [0.1, 0.15) is 13.8 Å². The molecule has 0 aliphatic carbocycles. The van der Waals surface area contributed by atoms with Gasteiger partial charge in [-0.1, -0.05) is 6.07 Å². The SMILES string of the molecule is CCN(CC)c1ccc2c([N+](=O)[O-])cccc2n1. The van der Waals surface area contributed by atoms with Crippen molar-refractivity contribution in [2.75, 3.05) is 18.0 Å². The van der Waals surface area contributed by atoms with Crippen LogP contribution in [0.25, 0.3) is 10.9 Å². The number of aromatic nitrogens is 1. The van der Waals surface area contributed by atoms with E-state index in [0.29, 0.717) is 10.9 Å². The molecule has 1 aromatic carbocycles. The summed E-state index contributed by atoms with van der Waals surface area (Å²) in [6.07, 6.45) is 0. The maximum Gasteiger partial charge on any atom is 0.278 e. The van der Waals surface area contributed by atoms with Gasteiger partial charge in [-0.15, -0.1) is 0 Å². The first-order valence-corrected chi connectivity index (χ1v) is 5.96. The number of non-ortho nitro benzene ring substituents is 1. The molecule has 5 heteroatoms. The van der Waals surface area contributed by atoms with Crippen LogP contribution in [-0.2, 0) is 0 Å². The Labute approximate surface area is 105 Å². The zero-order valence-corrected chi connectivity index (χ0v) is 10.5. The molecule has 0 bridgehead atoms. The molecule has 1 aromatic heterocycles. The number of anilines is 1. The molecule has 1 heterocycles. The number of fused-ring (bicyclic) bond motifs is 1. The van der Waals surface area contributed by atoms with Gasteiger partial charge in [-0.3, -0.25) is 10.1 Å². The van der Waals surface area contributed by atoms with Gasteiger partial charge in [-0.2, -0.15) is 0 Å². The zero-order chi connectivity index (χ0) is 13.1. The van der Waals surface area contributed by atoms with Crippen LogP contribution in [0.5, 0.6) is 0 Å². The van der Waals surface area contributed by atoms with Crippen molar-refractivity contribution in [1.29, 1.82) is 0 Å². The number of rotatable bonds is 4. The van der Waals surface area contributed by atoms with Crippen molar-refractivity contribution in [3.05, 3.63) is 40.4 Å². The summed E-state index contributed by atoms with van der Waals surface area (Å²) in [6, 6.07) is 8.58. The monoisotopic (exact) mass is 245 g/mol. The first-order chi connectivity index (χ1) is 8.67. The van der Waals surface area contributed by atoms with Gasteiger partial charge in [0.05, 0.1) is 15.8 Å². The van der Waals surface area contributed by atoms with E-state index in [2.05, 4.69) is 23.7 Å². The predicted molar refractivity (Wildman–Crippen MR) is 72.0 cm³/mol. The van der Waals surface area contributed by atoms with Gasteiger partial charge >= 0.3 is 0 Å². The Hall–Kier alpha value is -2.17. The van der Waals surface area contributed by atoms with Gasteiger partial charge in [0.15, 0.2) is 0 Å².